The van der Waals surface area contributed by atoms with Crippen LogP contribution < -0.4 is 10.1 Å². The molecule has 0 spiro atoms. The number of hydrogen-bond donors (Lipinski definition) is 1. The number of carbonyl (C=O) groups excluding carboxylic acids is 2. The van der Waals surface area contributed by atoms with Crippen LogP contribution in [0, 0.1) is 11.8 Å². The molecule has 154 valence electrons. The fourth-order valence-corrected chi connectivity index (χ4v) is 4.55. The SMILES string of the molecule is COc1ccccc1CNC(=O)C1CN2CCC1CC2Cn1cc(C(C)=O)nn1. The molecule has 3 aliphatic rings. The second-order valence-electron chi connectivity index (χ2n) is 7.95. The van der Waals surface area contributed by atoms with Crippen LogP contribution in [0.15, 0.2) is 30.5 Å². The molecule has 8 heteroatoms. The Kier molecular flexibility index (Phi) is 5.62. The lowest BCUT2D eigenvalue weighted by Gasteiger charge is -2.49. The predicted molar refractivity (Wildman–Crippen MR) is 106 cm³/mol. The monoisotopic (exact) mass is 397 g/mol. The molecule has 3 aliphatic heterocycles. The maximum Gasteiger partial charge on any atom is 0.224 e. The number of nitrogens with one attached hydrogen (secondary N) is 1. The van der Waals surface area contributed by atoms with Gasteiger partial charge in [-0.15, -0.1) is 5.10 Å². The van der Waals surface area contributed by atoms with E-state index in [-0.39, 0.29) is 17.6 Å². The van der Waals surface area contributed by atoms with Gasteiger partial charge in [-0.05, 0) is 31.4 Å². The molecule has 29 heavy (non-hydrogen) atoms. The Hall–Kier alpha value is -2.74. The van der Waals surface area contributed by atoms with Gasteiger partial charge in [-0.25, -0.2) is 0 Å². The number of amides is 1. The summed E-state index contributed by atoms with van der Waals surface area (Å²) in [6.07, 6.45) is 3.71. The van der Waals surface area contributed by atoms with Gasteiger partial charge >= 0.3 is 0 Å². The summed E-state index contributed by atoms with van der Waals surface area (Å²) in [6, 6.07) is 8.08. The molecule has 4 unspecified atom stereocenters. The van der Waals surface area contributed by atoms with Crippen molar-refractivity contribution in [1.29, 1.82) is 0 Å². The number of nitrogens with zero attached hydrogens (tertiary/aromatic N) is 4. The Morgan fingerprint density at radius 3 is 2.83 bits per heavy atom. The minimum Gasteiger partial charge on any atom is -0.496 e. The second kappa shape index (κ2) is 8.32. The lowest BCUT2D eigenvalue weighted by atomic mass is 9.75. The number of benzene rings is 1. The van der Waals surface area contributed by atoms with E-state index in [1.807, 2.05) is 24.3 Å². The van der Waals surface area contributed by atoms with Crippen LogP contribution in [0.4, 0.5) is 0 Å². The first-order chi connectivity index (χ1) is 14.0. The molecule has 1 amide bonds. The normalized spacial score (nSPS) is 25.6. The van der Waals surface area contributed by atoms with E-state index in [4.69, 9.17) is 4.74 Å². The number of Topliss-reactive ketones (excluding diaryl/α,β-unsaturated/α-hetero) is 1. The van der Waals surface area contributed by atoms with Crippen LogP contribution in [-0.4, -0.2) is 57.8 Å². The minimum atomic E-state index is -0.0755. The number of ether oxygens (including phenoxy) is 1. The molecule has 2 bridgehead atoms. The Morgan fingerprint density at radius 1 is 1.31 bits per heavy atom. The van der Waals surface area contributed by atoms with E-state index in [2.05, 4.69) is 20.5 Å². The van der Waals surface area contributed by atoms with E-state index in [0.717, 1.165) is 37.2 Å². The summed E-state index contributed by atoms with van der Waals surface area (Å²) in [4.78, 5) is 26.7. The third-order valence-corrected chi connectivity index (χ3v) is 6.16. The Morgan fingerprint density at radius 2 is 2.14 bits per heavy atom. The topological polar surface area (TPSA) is 89.4 Å². The molecule has 4 atom stereocenters. The van der Waals surface area contributed by atoms with Gasteiger partial charge in [0.2, 0.25) is 5.91 Å². The molecule has 3 saturated heterocycles. The number of fused-ring (bicyclic) bond motifs is 3. The Labute approximate surface area is 170 Å². The van der Waals surface area contributed by atoms with Crippen LogP contribution >= 0.6 is 0 Å². The fraction of sp³-hybridized carbons (Fsp3) is 0.524. The van der Waals surface area contributed by atoms with Gasteiger partial charge in [0, 0.05) is 31.6 Å². The first kappa shape index (κ1) is 19.6. The van der Waals surface area contributed by atoms with Crippen LogP contribution in [0.5, 0.6) is 5.75 Å². The standard InChI is InChI=1S/C21H27N5O3/c1-14(27)19-13-26(24-23-19)11-17-9-15-7-8-25(17)12-18(15)21(28)22-10-16-5-3-4-6-20(16)29-2/h3-6,13,15,17-18H,7-12H2,1-2H3,(H,22,28). The highest BCUT2D eigenvalue weighted by molar-refractivity contribution is 5.91. The third kappa shape index (κ3) is 4.17. The van der Waals surface area contributed by atoms with Crippen molar-refractivity contribution < 1.29 is 14.3 Å². The average molecular weight is 397 g/mol. The molecule has 5 rings (SSSR count). The molecule has 1 N–H and O–H groups in total. The molecule has 0 saturated carbocycles. The zero-order chi connectivity index (χ0) is 20.4. The van der Waals surface area contributed by atoms with Gasteiger partial charge in [0.1, 0.15) is 11.4 Å². The third-order valence-electron chi connectivity index (χ3n) is 6.16. The molecule has 0 aliphatic carbocycles. The zero-order valence-electron chi connectivity index (χ0n) is 16.9. The van der Waals surface area contributed by atoms with Crippen molar-refractivity contribution in [1.82, 2.24) is 25.2 Å². The molecular weight excluding hydrogens is 370 g/mol. The Bertz CT molecular complexity index is 896. The van der Waals surface area contributed by atoms with Crippen LogP contribution in [0.1, 0.15) is 35.8 Å². The van der Waals surface area contributed by atoms with E-state index in [0.29, 0.717) is 30.7 Å². The van der Waals surface area contributed by atoms with Crippen LogP contribution in [0.25, 0.3) is 0 Å². The van der Waals surface area contributed by atoms with Crippen molar-refractivity contribution in [2.45, 2.75) is 38.9 Å². The number of carbonyl (C=O) groups is 2. The number of hydrogen-bond acceptors (Lipinski definition) is 6. The van der Waals surface area contributed by atoms with Crippen LogP contribution in [0.2, 0.25) is 0 Å². The highest BCUT2D eigenvalue weighted by Gasteiger charge is 2.43. The average Bonchev–Trinajstić information content (AvgIpc) is 3.21. The largest absolute Gasteiger partial charge is 0.496 e. The summed E-state index contributed by atoms with van der Waals surface area (Å²) in [6.45, 7) is 4.44. The van der Waals surface area contributed by atoms with E-state index in [9.17, 15) is 9.59 Å². The zero-order valence-corrected chi connectivity index (χ0v) is 16.9. The van der Waals surface area contributed by atoms with Gasteiger partial charge < -0.3 is 10.1 Å². The highest BCUT2D eigenvalue weighted by atomic mass is 16.5. The predicted octanol–water partition coefficient (Wildman–Crippen LogP) is 1.52. The van der Waals surface area contributed by atoms with Gasteiger partial charge in [0.05, 0.1) is 25.8 Å². The lowest BCUT2D eigenvalue weighted by molar-refractivity contribution is -0.133. The number of para-hydroxylation sites is 1. The molecule has 8 nitrogen and oxygen atoms in total. The Balaban J connectivity index is 1.34. The summed E-state index contributed by atoms with van der Waals surface area (Å²) in [5, 5.41) is 11.1. The van der Waals surface area contributed by atoms with E-state index in [1.54, 1.807) is 18.0 Å². The van der Waals surface area contributed by atoms with Crippen molar-refractivity contribution in [3.05, 3.63) is 41.7 Å². The molecule has 4 heterocycles. The number of ketones is 1. The summed E-state index contributed by atoms with van der Waals surface area (Å²) in [5.41, 5.74) is 1.38. The van der Waals surface area contributed by atoms with Crippen molar-refractivity contribution in [2.75, 3.05) is 20.2 Å². The number of rotatable bonds is 7. The summed E-state index contributed by atoms with van der Waals surface area (Å²) >= 11 is 0. The summed E-state index contributed by atoms with van der Waals surface area (Å²) in [7, 11) is 1.64. The van der Waals surface area contributed by atoms with Gasteiger partial charge in [0.15, 0.2) is 5.78 Å². The molecule has 3 fully saturated rings. The van der Waals surface area contributed by atoms with Gasteiger partial charge in [-0.1, -0.05) is 23.4 Å². The lowest BCUT2D eigenvalue weighted by Crippen LogP contribution is -2.58. The number of aromatic nitrogens is 3. The van der Waals surface area contributed by atoms with Gasteiger partial charge in [0.25, 0.3) is 0 Å². The maximum atomic E-state index is 12.9. The fourth-order valence-electron chi connectivity index (χ4n) is 4.55. The number of methoxy groups -OCH3 is 1. The van der Waals surface area contributed by atoms with Crippen LogP contribution in [-0.2, 0) is 17.9 Å². The smallest absolute Gasteiger partial charge is 0.224 e. The van der Waals surface area contributed by atoms with Crippen LogP contribution in [0.3, 0.4) is 0 Å². The van der Waals surface area contributed by atoms with E-state index < -0.39 is 0 Å². The van der Waals surface area contributed by atoms with E-state index in [1.165, 1.54) is 6.92 Å². The first-order valence-corrected chi connectivity index (χ1v) is 10.1. The van der Waals surface area contributed by atoms with Gasteiger partial charge in [-0.2, -0.15) is 0 Å². The quantitative estimate of drug-likeness (QED) is 0.713. The molecule has 2 aromatic rings. The second-order valence-corrected chi connectivity index (χ2v) is 7.95. The van der Waals surface area contributed by atoms with Gasteiger partial charge in [-0.3, -0.25) is 19.2 Å². The first-order valence-electron chi connectivity index (χ1n) is 10.1. The number of piperidine rings is 3. The molecular formula is C21H27N5O3. The highest BCUT2D eigenvalue weighted by Crippen LogP contribution is 2.37. The molecule has 1 aromatic carbocycles. The van der Waals surface area contributed by atoms with Crippen molar-refractivity contribution in [2.24, 2.45) is 11.8 Å². The molecule has 1 aromatic heterocycles. The minimum absolute atomic E-state index is 0.0123. The van der Waals surface area contributed by atoms with Crippen molar-refractivity contribution >= 4 is 11.7 Å². The van der Waals surface area contributed by atoms with Crippen molar-refractivity contribution in [3.8, 4) is 5.75 Å². The summed E-state index contributed by atoms with van der Waals surface area (Å²) in [5.74, 6) is 1.22. The van der Waals surface area contributed by atoms with E-state index >= 15 is 0 Å². The maximum absolute atomic E-state index is 12.9. The summed E-state index contributed by atoms with van der Waals surface area (Å²) < 4.78 is 7.11. The molecule has 0 radical (unpaired) electrons. The van der Waals surface area contributed by atoms with Crippen molar-refractivity contribution in [3.63, 3.8) is 0 Å².